The lowest BCUT2D eigenvalue weighted by Gasteiger charge is -2.31. The highest BCUT2D eigenvalue weighted by Crippen LogP contribution is 2.31. The van der Waals surface area contributed by atoms with Crippen molar-refractivity contribution in [2.45, 2.75) is 50.8 Å². The third-order valence-corrected chi connectivity index (χ3v) is 4.91. The van der Waals surface area contributed by atoms with Gasteiger partial charge in [0.05, 0.1) is 17.8 Å². The summed E-state index contributed by atoms with van der Waals surface area (Å²) in [7, 11) is 1.74. The van der Waals surface area contributed by atoms with Gasteiger partial charge in [-0.05, 0) is 45.7 Å². The summed E-state index contributed by atoms with van der Waals surface area (Å²) in [5, 5.41) is 10.6. The summed E-state index contributed by atoms with van der Waals surface area (Å²) in [4.78, 5) is 20.4. The van der Waals surface area contributed by atoms with E-state index in [9.17, 15) is 9.90 Å². The Bertz CT molecular complexity index is 510. The van der Waals surface area contributed by atoms with Crippen molar-refractivity contribution in [2.75, 3.05) is 20.1 Å². The Hall–Kier alpha value is -1.40. The first-order chi connectivity index (χ1) is 10.1. The van der Waals surface area contributed by atoms with Crippen LogP contribution in [0.25, 0.3) is 0 Å². The number of carbonyl (C=O) groups is 1. The van der Waals surface area contributed by atoms with Crippen LogP contribution < -0.4 is 0 Å². The molecule has 116 valence electrons. The van der Waals surface area contributed by atoms with Crippen molar-refractivity contribution < 1.29 is 14.3 Å². The largest absolute Gasteiger partial charge is 0.438 e. The van der Waals surface area contributed by atoms with Crippen molar-refractivity contribution in [3.8, 4) is 0 Å². The highest BCUT2D eigenvalue weighted by Gasteiger charge is 2.42. The standard InChI is InChI=1S/C15H23N3O3/c1-10-14(21-9-16-10)15(20)17(2)11-5-6-12(13(11)19)18-7-3-4-8-18/h9,11-13,19H,3-8H2,1-2H3/t11-,12-,13-/m1/s1. The highest BCUT2D eigenvalue weighted by molar-refractivity contribution is 5.92. The fourth-order valence-corrected chi connectivity index (χ4v) is 3.65. The molecule has 6 nitrogen and oxygen atoms in total. The monoisotopic (exact) mass is 293 g/mol. The summed E-state index contributed by atoms with van der Waals surface area (Å²) >= 11 is 0. The molecule has 3 atom stereocenters. The van der Waals surface area contributed by atoms with Crippen LogP contribution in [0.4, 0.5) is 0 Å². The normalized spacial score (nSPS) is 30.0. The number of nitrogens with zero attached hydrogens (tertiary/aromatic N) is 3. The van der Waals surface area contributed by atoms with E-state index >= 15 is 0 Å². The zero-order chi connectivity index (χ0) is 15.0. The SMILES string of the molecule is Cc1ncoc1C(=O)N(C)[C@@H]1CC[C@@H](N2CCCC2)[C@@H]1O. The molecule has 2 aliphatic rings. The fourth-order valence-electron chi connectivity index (χ4n) is 3.65. The molecule has 3 rings (SSSR count). The van der Waals surface area contributed by atoms with Crippen molar-refractivity contribution in [2.24, 2.45) is 0 Å². The first-order valence-corrected chi connectivity index (χ1v) is 7.69. The van der Waals surface area contributed by atoms with Gasteiger partial charge in [0.25, 0.3) is 5.91 Å². The molecular weight excluding hydrogens is 270 g/mol. The Balaban J connectivity index is 1.69. The van der Waals surface area contributed by atoms with Gasteiger partial charge in [0, 0.05) is 13.1 Å². The quantitative estimate of drug-likeness (QED) is 0.902. The molecule has 1 amide bonds. The minimum Gasteiger partial charge on any atom is -0.438 e. The van der Waals surface area contributed by atoms with Crippen molar-refractivity contribution in [1.29, 1.82) is 0 Å². The second-order valence-corrected chi connectivity index (χ2v) is 6.13. The fraction of sp³-hybridized carbons (Fsp3) is 0.733. The molecule has 1 aliphatic carbocycles. The predicted octanol–water partition coefficient (Wildman–Crippen LogP) is 1.04. The average molecular weight is 293 g/mol. The molecule has 1 aromatic rings. The first kappa shape index (κ1) is 14.5. The molecule has 1 aromatic heterocycles. The van der Waals surface area contributed by atoms with Crippen LogP contribution in [0.1, 0.15) is 41.9 Å². The molecule has 2 fully saturated rings. The van der Waals surface area contributed by atoms with Gasteiger partial charge >= 0.3 is 0 Å². The Kier molecular flexibility index (Phi) is 3.99. The van der Waals surface area contributed by atoms with Gasteiger partial charge in [0.1, 0.15) is 0 Å². The molecule has 6 heteroatoms. The average Bonchev–Trinajstić information content (AvgIpc) is 3.17. The number of amides is 1. The van der Waals surface area contributed by atoms with E-state index in [0.717, 1.165) is 25.9 Å². The number of aryl methyl sites for hydroxylation is 1. The van der Waals surface area contributed by atoms with E-state index in [2.05, 4.69) is 9.88 Å². The molecule has 1 N–H and O–H groups in total. The van der Waals surface area contributed by atoms with E-state index in [-0.39, 0.29) is 23.8 Å². The van der Waals surface area contributed by atoms with Gasteiger partial charge in [-0.3, -0.25) is 9.69 Å². The van der Waals surface area contributed by atoms with Gasteiger partial charge in [-0.1, -0.05) is 0 Å². The van der Waals surface area contributed by atoms with E-state index in [4.69, 9.17) is 4.42 Å². The molecule has 2 heterocycles. The van der Waals surface area contributed by atoms with E-state index in [1.165, 1.54) is 19.2 Å². The van der Waals surface area contributed by atoms with Crippen LogP contribution in [0.3, 0.4) is 0 Å². The number of aromatic nitrogens is 1. The Labute approximate surface area is 124 Å². The number of hydrogen-bond donors (Lipinski definition) is 1. The summed E-state index contributed by atoms with van der Waals surface area (Å²) < 4.78 is 5.17. The van der Waals surface area contributed by atoms with Gasteiger partial charge in [-0.25, -0.2) is 4.98 Å². The Morgan fingerprint density at radius 1 is 1.43 bits per heavy atom. The van der Waals surface area contributed by atoms with Gasteiger partial charge in [0.15, 0.2) is 6.39 Å². The number of oxazole rings is 1. The lowest BCUT2D eigenvalue weighted by Crippen LogP contribution is -2.48. The number of rotatable bonds is 3. The van der Waals surface area contributed by atoms with Crippen LogP contribution in [0.5, 0.6) is 0 Å². The van der Waals surface area contributed by atoms with Crippen LogP contribution in [0, 0.1) is 6.92 Å². The van der Waals surface area contributed by atoms with Crippen molar-refractivity contribution in [3.05, 3.63) is 17.8 Å². The lowest BCUT2D eigenvalue weighted by atomic mass is 10.1. The van der Waals surface area contributed by atoms with E-state index in [1.54, 1.807) is 18.9 Å². The topological polar surface area (TPSA) is 69.8 Å². The summed E-state index contributed by atoms with van der Waals surface area (Å²) in [5.41, 5.74) is 0.593. The number of likely N-dealkylation sites (N-methyl/N-ethyl adjacent to an activating group) is 1. The van der Waals surface area contributed by atoms with Crippen molar-refractivity contribution in [3.63, 3.8) is 0 Å². The van der Waals surface area contributed by atoms with Crippen LogP contribution >= 0.6 is 0 Å². The molecular formula is C15H23N3O3. The highest BCUT2D eigenvalue weighted by atomic mass is 16.4. The maximum Gasteiger partial charge on any atom is 0.291 e. The third kappa shape index (κ3) is 2.58. The Morgan fingerprint density at radius 3 is 2.76 bits per heavy atom. The molecule has 1 saturated carbocycles. The van der Waals surface area contributed by atoms with Crippen LogP contribution in [-0.2, 0) is 0 Å². The van der Waals surface area contributed by atoms with Crippen LogP contribution in [0.15, 0.2) is 10.8 Å². The van der Waals surface area contributed by atoms with Gasteiger partial charge in [-0.15, -0.1) is 0 Å². The Morgan fingerprint density at radius 2 is 2.14 bits per heavy atom. The molecule has 0 spiro atoms. The minimum absolute atomic E-state index is 0.146. The van der Waals surface area contributed by atoms with Crippen LogP contribution in [-0.4, -0.2) is 64.1 Å². The number of likely N-dealkylation sites (tertiary alicyclic amines) is 1. The number of aliphatic hydroxyl groups excluding tert-OH is 1. The van der Waals surface area contributed by atoms with Gasteiger partial charge < -0.3 is 14.4 Å². The lowest BCUT2D eigenvalue weighted by molar-refractivity contribution is 0.0280. The zero-order valence-electron chi connectivity index (χ0n) is 12.7. The van der Waals surface area contributed by atoms with Gasteiger partial charge in [0.2, 0.25) is 5.76 Å². The second kappa shape index (κ2) is 5.77. The van der Waals surface area contributed by atoms with E-state index in [0.29, 0.717) is 5.69 Å². The summed E-state index contributed by atoms with van der Waals surface area (Å²) in [6, 6.07) is 0.0381. The summed E-state index contributed by atoms with van der Waals surface area (Å²) in [5.74, 6) is 0.0745. The molecule has 1 aliphatic heterocycles. The van der Waals surface area contributed by atoms with Crippen molar-refractivity contribution in [1.82, 2.24) is 14.8 Å². The van der Waals surface area contributed by atoms with E-state index < -0.39 is 6.10 Å². The van der Waals surface area contributed by atoms with Gasteiger partial charge in [-0.2, -0.15) is 0 Å². The molecule has 1 saturated heterocycles. The molecule has 21 heavy (non-hydrogen) atoms. The zero-order valence-corrected chi connectivity index (χ0v) is 12.7. The molecule has 0 radical (unpaired) electrons. The summed E-state index contributed by atoms with van der Waals surface area (Å²) in [6.45, 7) is 3.88. The molecule has 0 bridgehead atoms. The third-order valence-electron chi connectivity index (χ3n) is 4.91. The smallest absolute Gasteiger partial charge is 0.291 e. The maximum atomic E-state index is 12.5. The van der Waals surface area contributed by atoms with Crippen LogP contribution in [0.2, 0.25) is 0 Å². The number of hydrogen-bond acceptors (Lipinski definition) is 5. The summed E-state index contributed by atoms with van der Waals surface area (Å²) in [6.07, 6.45) is 4.99. The maximum absolute atomic E-state index is 12.5. The number of carbonyl (C=O) groups excluding carboxylic acids is 1. The van der Waals surface area contributed by atoms with E-state index in [1.807, 2.05) is 0 Å². The van der Waals surface area contributed by atoms with Crippen molar-refractivity contribution >= 4 is 5.91 Å². The first-order valence-electron chi connectivity index (χ1n) is 7.69. The number of aliphatic hydroxyl groups is 1. The predicted molar refractivity (Wildman–Crippen MR) is 77.0 cm³/mol. The minimum atomic E-state index is -0.486. The molecule has 0 aromatic carbocycles. The second-order valence-electron chi connectivity index (χ2n) is 6.13. The molecule has 0 unspecified atom stereocenters.